The van der Waals surface area contributed by atoms with E-state index in [0.29, 0.717) is 12.2 Å². The number of unbranched alkanes of at least 4 members (excludes halogenated alkanes) is 2. The van der Waals surface area contributed by atoms with E-state index in [1.165, 1.54) is 19.3 Å². The zero-order chi connectivity index (χ0) is 11.9. The van der Waals surface area contributed by atoms with Crippen molar-refractivity contribution in [2.75, 3.05) is 20.1 Å². The van der Waals surface area contributed by atoms with Gasteiger partial charge in [0.05, 0.1) is 0 Å². The summed E-state index contributed by atoms with van der Waals surface area (Å²) in [6, 6.07) is 0. The second-order valence-corrected chi connectivity index (χ2v) is 5.43. The molecule has 0 radical (unpaired) electrons. The molecule has 0 aliphatic rings. The molecule has 0 aromatic rings. The summed E-state index contributed by atoms with van der Waals surface area (Å²) in [6.07, 6.45) is 4.48. The number of hydrogen-bond acceptors (Lipinski definition) is 2. The fourth-order valence-corrected chi connectivity index (χ4v) is 1.41. The predicted octanol–water partition coefficient (Wildman–Crippen LogP) is 3.11. The summed E-state index contributed by atoms with van der Waals surface area (Å²) in [5.41, 5.74) is -0.176. The summed E-state index contributed by atoms with van der Waals surface area (Å²) in [4.78, 5) is 13.9. The van der Waals surface area contributed by atoms with Crippen molar-refractivity contribution in [2.45, 2.75) is 53.4 Å². The highest BCUT2D eigenvalue weighted by Crippen LogP contribution is 2.16. The van der Waals surface area contributed by atoms with Crippen LogP contribution in [-0.4, -0.2) is 30.8 Å². The van der Waals surface area contributed by atoms with Crippen LogP contribution in [0.4, 0.5) is 0 Å². The fraction of sp³-hybridized carbons (Fsp3) is 0.923. The molecule has 0 N–H and O–H groups in total. The van der Waals surface area contributed by atoms with Crippen LogP contribution >= 0.6 is 0 Å². The molecule has 0 saturated carbocycles. The van der Waals surface area contributed by atoms with Gasteiger partial charge in [0.2, 0.25) is 0 Å². The molecule has 0 heterocycles. The van der Waals surface area contributed by atoms with Crippen LogP contribution in [0.1, 0.15) is 53.4 Å². The largest absolute Gasteiger partial charge is 0.306 e. The first-order valence-electron chi connectivity index (χ1n) is 6.09. The van der Waals surface area contributed by atoms with Gasteiger partial charge >= 0.3 is 0 Å². The van der Waals surface area contributed by atoms with Crippen LogP contribution in [0.3, 0.4) is 0 Å². The van der Waals surface area contributed by atoms with E-state index in [4.69, 9.17) is 0 Å². The monoisotopic (exact) mass is 213 g/mol. The maximum absolute atomic E-state index is 11.7. The second kappa shape index (κ2) is 7.00. The highest BCUT2D eigenvalue weighted by atomic mass is 16.1. The maximum atomic E-state index is 11.7. The molecule has 0 amide bonds. The van der Waals surface area contributed by atoms with E-state index in [9.17, 15) is 4.79 Å². The minimum Gasteiger partial charge on any atom is -0.306 e. The smallest absolute Gasteiger partial charge is 0.139 e. The van der Waals surface area contributed by atoms with Gasteiger partial charge in [-0.15, -0.1) is 0 Å². The van der Waals surface area contributed by atoms with Crippen molar-refractivity contribution in [1.82, 2.24) is 4.90 Å². The molecule has 15 heavy (non-hydrogen) atoms. The van der Waals surface area contributed by atoms with Gasteiger partial charge in [0.1, 0.15) is 5.78 Å². The minimum absolute atomic E-state index is 0.176. The molecular formula is C13H27NO. The van der Waals surface area contributed by atoms with Gasteiger partial charge in [-0.1, -0.05) is 40.5 Å². The number of rotatable bonds is 7. The average Bonchev–Trinajstić information content (AvgIpc) is 2.13. The third kappa shape index (κ3) is 7.55. The van der Waals surface area contributed by atoms with Crippen molar-refractivity contribution in [3.63, 3.8) is 0 Å². The van der Waals surface area contributed by atoms with Gasteiger partial charge < -0.3 is 4.90 Å². The molecule has 0 aromatic carbocycles. The Labute approximate surface area is 95.0 Å². The summed E-state index contributed by atoms with van der Waals surface area (Å²) in [7, 11) is 2.10. The van der Waals surface area contributed by atoms with Crippen LogP contribution in [0, 0.1) is 5.41 Å². The molecule has 0 rings (SSSR count). The standard InChI is InChI=1S/C13H27NO/c1-6-7-8-10-14(5)11-9-12(15)13(2,3)4/h6-11H2,1-5H3. The van der Waals surface area contributed by atoms with Gasteiger partial charge in [0.15, 0.2) is 0 Å². The van der Waals surface area contributed by atoms with Gasteiger partial charge in [-0.25, -0.2) is 0 Å². The Morgan fingerprint density at radius 3 is 2.20 bits per heavy atom. The van der Waals surface area contributed by atoms with Crippen molar-refractivity contribution in [3.8, 4) is 0 Å². The Morgan fingerprint density at radius 1 is 1.13 bits per heavy atom. The molecule has 0 atom stereocenters. The Kier molecular flexibility index (Phi) is 6.82. The molecule has 0 unspecified atom stereocenters. The lowest BCUT2D eigenvalue weighted by Crippen LogP contribution is -2.27. The first-order valence-corrected chi connectivity index (χ1v) is 6.09. The summed E-state index contributed by atoms with van der Waals surface area (Å²) in [5.74, 6) is 0.366. The lowest BCUT2D eigenvalue weighted by molar-refractivity contribution is -0.126. The number of nitrogens with zero attached hydrogens (tertiary/aromatic N) is 1. The van der Waals surface area contributed by atoms with E-state index < -0.39 is 0 Å². The molecular weight excluding hydrogens is 186 g/mol. The second-order valence-electron chi connectivity index (χ2n) is 5.43. The van der Waals surface area contributed by atoms with Crippen LogP contribution in [0.2, 0.25) is 0 Å². The SMILES string of the molecule is CCCCCN(C)CCC(=O)C(C)(C)C. The lowest BCUT2D eigenvalue weighted by Gasteiger charge is -2.20. The third-order valence-corrected chi connectivity index (χ3v) is 2.70. The quantitative estimate of drug-likeness (QED) is 0.606. The fourth-order valence-electron chi connectivity index (χ4n) is 1.41. The zero-order valence-corrected chi connectivity index (χ0v) is 11.1. The molecule has 0 saturated heterocycles. The number of Topliss-reactive ketones (excluding diaryl/α,β-unsaturated/α-hetero) is 1. The van der Waals surface area contributed by atoms with E-state index in [0.717, 1.165) is 13.1 Å². The highest BCUT2D eigenvalue weighted by molar-refractivity contribution is 5.83. The van der Waals surface area contributed by atoms with Crippen molar-refractivity contribution in [1.29, 1.82) is 0 Å². The minimum atomic E-state index is -0.176. The van der Waals surface area contributed by atoms with Gasteiger partial charge in [0, 0.05) is 18.4 Å². The van der Waals surface area contributed by atoms with Crippen LogP contribution < -0.4 is 0 Å². The summed E-state index contributed by atoms with van der Waals surface area (Å²) < 4.78 is 0. The number of carbonyl (C=O) groups is 1. The van der Waals surface area contributed by atoms with E-state index >= 15 is 0 Å². The van der Waals surface area contributed by atoms with Crippen LogP contribution in [0.25, 0.3) is 0 Å². The topological polar surface area (TPSA) is 20.3 Å². The maximum Gasteiger partial charge on any atom is 0.139 e. The molecule has 0 aliphatic carbocycles. The summed E-state index contributed by atoms with van der Waals surface area (Å²) in [5, 5.41) is 0. The molecule has 90 valence electrons. The van der Waals surface area contributed by atoms with E-state index in [-0.39, 0.29) is 5.41 Å². The Balaban J connectivity index is 3.62. The van der Waals surface area contributed by atoms with Crippen LogP contribution in [-0.2, 0) is 4.79 Å². The predicted molar refractivity (Wildman–Crippen MR) is 66.1 cm³/mol. The Bertz CT molecular complexity index is 181. The Hall–Kier alpha value is -0.370. The number of ketones is 1. The highest BCUT2D eigenvalue weighted by Gasteiger charge is 2.20. The van der Waals surface area contributed by atoms with Crippen molar-refractivity contribution < 1.29 is 4.79 Å². The summed E-state index contributed by atoms with van der Waals surface area (Å²) >= 11 is 0. The molecule has 0 fully saturated rings. The first kappa shape index (κ1) is 14.6. The van der Waals surface area contributed by atoms with E-state index in [1.54, 1.807) is 0 Å². The zero-order valence-electron chi connectivity index (χ0n) is 11.1. The molecule has 2 nitrogen and oxygen atoms in total. The first-order chi connectivity index (χ1) is 6.88. The number of hydrogen-bond donors (Lipinski definition) is 0. The van der Waals surface area contributed by atoms with E-state index in [2.05, 4.69) is 18.9 Å². The van der Waals surface area contributed by atoms with Gasteiger partial charge in [-0.2, -0.15) is 0 Å². The third-order valence-electron chi connectivity index (χ3n) is 2.70. The van der Waals surface area contributed by atoms with Crippen molar-refractivity contribution in [3.05, 3.63) is 0 Å². The molecule has 0 bridgehead atoms. The molecule has 0 aromatic heterocycles. The van der Waals surface area contributed by atoms with Gasteiger partial charge in [0.25, 0.3) is 0 Å². The molecule has 2 heteroatoms. The van der Waals surface area contributed by atoms with Gasteiger partial charge in [-0.05, 0) is 20.0 Å². The van der Waals surface area contributed by atoms with Crippen LogP contribution in [0.15, 0.2) is 0 Å². The van der Waals surface area contributed by atoms with Crippen molar-refractivity contribution >= 4 is 5.78 Å². The molecule has 0 aliphatic heterocycles. The van der Waals surface area contributed by atoms with Gasteiger partial charge in [-0.3, -0.25) is 4.79 Å². The average molecular weight is 213 g/mol. The van der Waals surface area contributed by atoms with Crippen LogP contribution in [0.5, 0.6) is 0 Å². The lowest BCUT2D eigenvalue weighted by atomic mass is 9.89. The normalized spacial score (nSPS) is 12.1. The van der Waals surface area contributed by atoms with E-state index in [1.807, 2.05) is 20.8 Å². The Morgan fingerprint density at radius 2 is 1.73 bits per heavy atom. The number of carbonyl (C=O) groups excluding carboxylic acids is 1. The summed E-state index contributed by atoms with van der Waals surface area (Å²) in [6.45, 7) is 10.2. The van der Waals surface area contributed by atoms with Crippen molar-refractivity contribution in [2.24, 2.45) is 5.41 Å². The molecule has 0 spiro atoms.